The molecule has 82 valence electrons. The molecule has 0 bridgehead atoms. The van der Waals surface area contributed by atoms with E-state index in [4.69, 9.17) is 26.9 Å². The van der Waals surface area contributed by atoms with Gasteiger partial charge in [0.2, 0.25) is 0 Å². The van der Waals surface area contributed by atoms with Gasteiger partial charge in [-0.05, 0) is 25.4 Å². The highest BCUT2D eigenvalue weighted by Gasteiger charge is 2.24. The smallest absolute Gasteiger partial charge is 0.330 e. The first-order valence-corrected chi connectivity index (χ1v) is 9.13. The number of carbonyl (C=O) groups excluding carboxylic acids is 1. The summed E-state index contributed by atoms with van der Waals surface area (Å²) < 4.78 is 4.90. The minimum absolute atomic E-state index is 0.305. The van der Waals surface area contributed by atoms with Gasteiger partial charge in [0, 0.05) is 6.08 Å². The highest BCUT2D eigenvalue weighted by molar-refractivity contribution is 7.45. The van der Waals surface area contributed by atoms with Crippen LogP contribution in [-0.4, -0.2) is 19.3 Å². The fourth-order valence-corrected chi connectivity index (χ4v) is 2.68. The molecule has 0 saturated heterocycles. The van der Waals surface area contributed by atoms with E-state index in [1.165, 1.54) is 6.08 Å². The van der Waals surface area contributed by atoms with Crippen molar-refractivity contribution in [3.8, 4) is 0 Å². The molecule has 0 aliphatic rings. The summed E-state index contributed by atoms with van der Waals surface area (Å²) in [5.41, 5.74) is 0. The number of halogens is 2. The first-order valence-electron chi connectivity index (χ1n) is 4.69. The molecule has 0 fully saturated rings. The Kier molecular flexibility index (Phi) is 7.32. The van der Waals surface area contributed by atoms with Crippen LogP contribution in [0.3, 0.4) is 0 Å². The third-order valence-electron chi connectivity index (χ3n) is 1.75. The number of esters is 1. The zero-order valence-corrected chi connectivity index (χ0v) is 11.1. The molecule has 5 heteroatoms. The first kappa shape index (κ1) is 14.0. The molecule has 0 N–H and O–H groups in total. The summed E-state index contributed by atoms with van der Waals surface area (Å²) >= 11 is 12.1. The first-order chi connectivity index (χ1) is 6.52. The molecule has 0 aliphatic heterocycles. The van der Waals surface area contributed by atoms with E-state index in [2.05, 4.69) is 0 Å². The third kappa shape index (κ3) is 7.41. The zero-order chi connectivity index (χ0) is 11.0. The molecule has 0 rings (SSSR count). The van der Waals surface area contributed by atoms with Crippen molar-refractivity contribution >= 4 is 34.8 Å². The van der Waals surface area contributed by atoms with Crippen molar-refractivity contribution < 1.29 is 9.53 Å². The predicted molar refractivity (Wildman–Crippen MR) is 63.1 cm³/mol. The molecule has 0 atom stereocenters. The Morgan fingerprint density at radius 3 is 2.64 bits per heavy atom. The van der Waals surface area contributed by atoms with E-state index in [0.717, 1.165) is 18.5 Å². The van der Waals surface area contributed by atoms with Crippen molar-refractivity contribution in [1.82, 2.24) is 0 Å². The number of rotatable bonds is 6. The molecule has 0 radical (unpaired) electrons. The lowest BCUT2D eigenvalue weighted by molar-refractivity contribution is -0.137. The topological polar surface area (TPSA) is 26.3 Å². The molecule has 0 aromatic rings. The molecule has 0 saturated carbocycles. The van der Waals surface area contributed by atoms with E-state index in [1.807, 2.05) is 6.92 Å². The van der Waals surface area contributed by atoms with Crippen LogP contribution in [0.1, 0.15) is 20.3 Å². The van der Waals surface area contributed by atoms with Crippen molar-refractivity contribution in [3.05, 3.63) is 12.2 Å². The highest BCUT2D eigenvalue weighted by Crippen LogP contribution is 2.26. The molecule has 0 aromatic heterocycles. The molecular formula is C9H16Cl2O2Si. The van der Waals surface area contributed by atoms with Gasteiger partial charge in [0.25, 0.3) is 6.69 Å². The number of hydrogen-bond acceptors (Lipinski definition) is 2. The Morgan fingerprint density at radius 1 is 1.50 bits per heavy atom. The Hall–Kier alpha value is 0.00688. The number of allylic oxidation sites excluding steroid dienone is 1. The van der Waals surface area contributed by atoms with Gasteiger partial charge in [0.1, 0.15) is 0 Å². The number of hydrogen-bond donors (Lipinski definition) is 0. The average molecular weight is 255 g/mol. The summed E-state index contributed by atoms with van der Waals surface area (Å²) in [6.45, 7) is 2.12. The van der Waals surface area contributed by atoms with E-state index < -0.39 is 6.69 Å². The van der Waals surface area contributed by atoms with Crippen molar-refractivity contribution in [3.63, 3.8) is 0 Å². The molecule has 0 aromatic carbocycles. The lowest BCUT2D eigenvalue weighted by atomic mass is 10.5. The van der Waals surface area contributed by atoms with Gasteiger partial charge in [-0.25, -0.2) is 4.79 Å². The second-order valence-electron chi connectivity index (χ2n) is 2.98. The van der Waals surface area contributed by atoms with Gasteiger partial charge in [0.15, 0.2) is 0 Å². The maximum atomic E-state index is 10.9. The Bertz CT molecular complexity index is 205. The van der Waals surface area contributed by atoms with Crippen LogP contribution in [0, 0.1) is 0 Å². The van der Waals surface area contributed by atoms with Gasteiger partial charge in [0.05, 0.1) is 6.61 Å². The Labute approximate surface area is 95.6 Å². The van der Waals surface area contributed by atoms with Crippen molar-refractivity contribution in [1.29, 1.82) is 0 Å². The van der Waals surface area contributed by atoms with Crippen LogP contribution >= 0.6 is 22.2 Å². The minimum atomic E-state index is -2.03. The predicted octanol–water partition coefficient (Wildman–Crippen LogP) is 3.44. The second kappa shape index (κ2) is 7.32. The summed E-state index contributed by atoms with van der Waals surface area (Å²) in [6, 6.07) is 1.61. The molecular weight excluding hydrogens is 239 g/mol. The molecule has 2 nitrogen and oxygen atoms in total. The molecule has 0 heterocycles. The average Bonchev–Trinajstić information content (AvgIpc) is 2.13. The normalized spacial score (nSPS) is 12.0. The van der Waals surface area contributed by atoms with E-state index in [0.29, 0.717) is 6.61 Å². The van der Waals surface area contributed by atoms with Crippen LogP contribution < -0.4 is 0 Å². The van der Waals surface area contributed by atoms with Gasteiger partial charge < -0.3 is 4.74 Å². The van der Waals surface area contributed by atoms with Crippen molar-refractivity contribution in [2.45, 2.75) is 32.4 Å². The molecule has 0 aliphatic carbocycles. The van der Waals surface area contributed by atoms with Crippen LogP contribution in [0.2, 0.25) is 12.1 Å². The van der Waals surface area contributed by atoms with Crippen LogP contribution in [0.25, 0.3) is 0 Å². The van der Waals surface area contributed by atoms with Crippen molar-refractivity contribution in [2.24, 2.45) is 0 Å². The van der Waals surface area contributed by atoms with E-state index in [1.54, 1.807) is 13.0 Å². The quantitative estimate of drug-likeness (QED) is 0.239. The fourth-order valence-electron chi connectivity index (χ4n) is 0.865. The SMILES string of the molecule is CC=CC(=O)OCCC[Si](Cl)(Cl)CC. The van der Waals surface area contributed by atoms with Gasteiger partial charge in [-0.3, -0.25) is 0 Å². The zero-order valence-electron chi connectivity index (χ0n) is 8.56. The van der Waals surface area contributed by atoms with Gasteiger partial charge in [-0.2, -0.15) is 0 Å². The molecule has 0 amide bonds. The molecule has 0 spiro atoms. The lowest BCUT2D eigenvalue weighted by Crippen LogP contribution is -2.17. The monoisotopic (exact) mass is 254 g/mol. The summed E-state index contributed by atoms with van der Waals surface area (Å²) in [4.78, 5) is 10.9. The highest BCUT2D eigenvalue weighted by atomic mass is 35.7. The van der Waals surface area contributed by atoms with Crippen LogP contribution in [0.5, 0.6) is 0 Å². The molecule has 14 heavy (non-hydrogen) atoms. The van der Waals surface area contributed by atoms with Gasteiger partial charge in [-0.1, -0.05) is 13.0 Å². The van der Waals surface area contributed by atoms with E-state index in [-0.39, 0.29) is 5.97 Å². The van der Waals surface area contributed by atoms with Crippen LogP contribution in [0.4, 0.5) is 0 Å². The summed E-state index contributed by atoms with van der Waals surface area (Å²) in [5, 5.41) is 0. The van der Waals surface area contributed by atoms with E-state index in [9.17, 15) is 4.79 Å². The number of carbonyl (C=O) groups is 1. The third-order valence-corrected chi connectivity index (χ3v) is 6.61. The standard InChI is InChI=1S/C9H16Cl2O2Si/c1-3-6-9(12)13-7-5-8-14(10,11)4-2/h3,6H,4-5,7-8H2,1-2H3. The Morgan fingerprint density at radius 2 is 2.14 bits per heavy atom. The second-order valence-corrected chi connectivity index (χ2v) is 10.8. The molecule has 0 unspecified atom stereocenters. The minimum Gasteiger partial charge on any atom is -0.463 e. The lowest BCUT2D eigenvalue weighted by Gasteiger charge is -2.13. The maximum absolute atomic E-state index is 10.9. The van der Waals surface area contributed by atoms with Crippen molar-refractivity contribution in [2.75, 3.05) is 6.61 Å². The summed E-state index contributed by atoms with van der Waals surface area (Å²) in [6.07, 6.45) is 3.79. The maximum Gasteiger partial charge on any atom is 0.330 e. The number of ether oxygens (including phenoxy) is 1. The largest absolute Gasteiger partial charge is 0.463 e. The Balaban J connectivity index is 3.52. The summed E-state index contributed by atoms with van der Waals surface area (Å²) in [5.74, 6) is -0.305. The summed E-state index contributed by atoms with van der Waals surface area (Å²) in [7, 11) is 0. The van der Waals surface area contributed by atoms with E-state index >= 15 is 0 Å². The van der Waals surface area contributed by atoms with Crippen LogP contribution in [0.15, 0.2) is 12.2 Å². The van der Waals surface area contributed by atoms with Crippen LogP contribution in [-0.2, 0) is 9.53 Å². The fraction of sp³-hybridized carbons (Fsp3) is 0.667. The van der Waals surface area contributed by atoms with Gasteiger partial charge in [-0.15, -0.1) is 22.2 Å². The van der Waals surface area contributed by atoms with Gasteiger partial charge >= 0.3 is 5.97 Å².